The van der Waals surface area contributed by atoms with Crippen LogP contribution < -0.4 is 0 Å². The Morgan fingerprint density at radius 2 is 1.59 bits per heavy atom. The third-order valence-electron chi connectivity index (χ3n) is 4.52. The van der Waals surface area contributed by atoms with Crippen molar-refractivity contribution >= 4 is 5.97 Å². The number of cyclic esters (lactones) is 1. The van der Waals surface area contributed by atoms with Crippen molar-refractivity contribution in [1.29, 1.82) is 0 Å². The van der Waals surface area contributed by atoms with Gasteiger partial charge in [0.1, 0.15) is 0 Å². The molecule has 1 rings (SSSR count). The van der Waals surface area contributed by atoms with Crippen molar-refractivity contribution in [2.45, 2.75) is 96.2 Å². The van der Waals surface area contributed by atoms with E-state index in [0.29, 0.717) is 13.0 Å². The molecule has 2 N–H and O–H groups in total. The number of unbranched alkanes of at least 4 members (excludes halogenated alkanes) is 8. The van der Waals surface area contributed by atoms with Gasteiger partial charge in [-0.15, -0.1) is 0 Å². The Labute approximate surface area is 135 Å². The Kier molecular flexibility index (Phi) is 10.5. The highest BCUT2D eigenvalue weighted by molar-refractivity contribution is 5.74. The summed E-state index contributed by atoms with van der Waals surface area (Å²) in [5, 5.41) is 18.7. The van der Waals surface area contributed by atoms with E-state index in [1.807, 2.05) is 6.92 Å². The summed E-state index contributed by atoms with van der Waals surface area (Å²) < 4.78 is 5.12. The fourth-order valence-corrected chi connectivity index (χ4v) is 3.21. The van der Waals surface area contributed by atoms with E-state index in [0.717, 1.165) is 32.1 Å². The van der Waals surface area contributed by atoms with Gasteiger partial charge in [0.05, 0.1) is 18.1 Å². The number of aliphatic hydroxyl groups excluding tert-OH is 2. The minimum Gasteiger partial charge on any atom is -0.462 e. The van der Waals surface area contributed by atoms with E-state index in [-0.39, 0.29) is 24.1 Å². The average molecular weight is 314 g/mol. The number of hydrogen-bond acceptors (Lipinski definition) is 4. The van der Waals surface area contributed by atoms with Crippen LogP contribution in [0.3, 0.4) is 0 Å². The monoisotopic (exact) mass is 314 g/mol. The Balaban J connectivity index is 1.89. The van der Waals surface area contributed by atoms with Crippen molar-refractivity contribution in [3.05, 3.63) is 0 Å². The smallest absolute Gasteiger partial charge is 0.309 e. The topological polar surface area (TPSA) is 66.8 Å². The van der Waals surface area contributed by atoms with Crippen LogP contribution in [0.2, 0.25) is 0 Å². The van der Waals surface area contributed by atoms with Crippen LogP contribution in [-0.2, 0) is 9.53 Å². The summed E-state index contributed by atoms with van der Waals surface area (Å²) in [6.07, 6.45) is 12.3. The molecule has 0 spiro atoms. The summed E-state index contributed by atoms with van der Waals surface area (Å²) in [6.45, 7) is 2.23. The second kappa shape index (κ2) is 11.9. The first-order valence-corrected chi connectivity index (χ1v) is 9.13. The SMILES string of the molecule is CC1CC(CC(O)CCCCCCCCCCCO)C(=O)O1. The van der Waals surface area contributed by atoms with Crippen LogP contribution in [0.25, 0.3) is 0 Å². The number of aliphatic hydroxyl groups is 2. The fraction of sp³-hybridized carbons (Fsp3) is 0.944. The molecule has 0 radical (unpaired) electrons. The largest absolute Gasteiger partial charge is 0.462 e. The molecule has 0 aromatic heterocycles. The summed E-state index contributed by atoms with van der Waals surface area (Å²) >= 11 is 0. The summed E-state index contributed by atoms with van der Waals surface area (Å²) in [4.78, 5) is 11.5. The predicted octanol–water partition coefficient (Wildman–Crippen LogP) is 3.58. The average Bonchev–Trinajstić information content (AvgIpc) is 2.79. The second-order valence-corrected chi connectivity index (χ2v) is 6.76. The van der Waals surface area contributed by atoms with Gasteiger partial charge in [-0.3, -0.25) is 4.79 Å². The molecule has 0 aromatic rings. The van der Waals surface area contributed by atoms with Crippen molar-refractivity contribution in [3.8, 4) is 0 Å². The molecule has 0 saturated carbocycles. The predicted molar refractivity (Wildman–Crippen MR) is 87.5 cm³/mol. The number of carbonyl (C=O) groups excluding carboxylic acids is 1. The zero-order valence-electron chi connectivity index (χ0n) is 14.1. The highest BCUT2D eigenvalue weighted by Crippen LogP contribution is 2.26. The van der Waals surface area contributed by atoms with E-state index in [1.165, 1.54) is 38.5 Å². The Hall–Kier alpha value is -0.610. The molecule has 1 saturated heterocycles. The number of rotatable bonds is 13. The standard InChI is InChI=1S/C18H34O4/c1-15-13-16(18(21)22-15)14-17(20)11-9-7-5-3-2-4-6-8-10-12-19/h15-17,19-20H,2-14H2,1H3. The summed E-state index contributed by atoms with van der Waals surface area (Å²) in [5.74, 6) is -0.225. The molecule has 1 fully saturated rings. The van der Waals surface area contributed by atoms with Gasteiger partial charge in [-0.2, -0.15) is 0 Å². The Morgan fingerprint density at radius 3 is 2.09 bits per heavy atom. The first-order chi connectivity index (χ1) is 10.6. The summed E-state index contributed by atoms with van der Waals surface area (Å²) in [7, 11) is 0. The van der Waals surface area contributed by atoms with Gasteiger partial charge in [-0.05, 0) is 32.6 Å². The van der Waals surface area contributed by atoms with E-state index in [4.69, 9.17) is 9.84 Å². The molecule has 3 unspecified atom stereocenters. The molecule has 0 aromatic carbocycles. The molecular formula is C18H34O4. The van der Waals surface area contributed by atoms with Crippen molar-refractivity contribution in [3.63, 3.8) is 0 Å². The third kappa shape index (κ3) is 8.74. The fourth-order valence-electron chi connectivity index (χ4n) is 3.21. The van der Waals surface area contributed by atoms with Gasteiger partial charge in [0.2, 0.25) is 0 Å². The van der Waals surface area contributed by atoms with Gasteiger partial charge in [0.25, 0.3) is 0 Å². The first kappa shape index (κ1) is 19.4. The van der Waals surface area contributed by atoms with Crippen molar-refractivity contribution in [1.82, 2.24) is 0 Å². The minimum absolute atomic E-state index is 0.0158. The van der Waals surface area contributed by atoms with Crippen LogP contribution in [-0.4, -0.2) is 35.0 Å². The molecular weight excluding hydrogens is 280 g/mol. The van der Waals surface area contributed by atoms with Gasteiger partial charge in [0, 0.05) is 6.61 Å². The molecule has 1 heterocycles. The maximum Gasteiger partial charge on any atom is 0.309 e. The van der Waals surface area contributed by atoms with E-state index in [2.05, 4.69) is 0 Å². The van der Waals surface area contributed by atoms with Crippen LogP contribution in [0, 0.1) is 5.92 Å². The number of esters is 1. The second-order valence-electron chi connectivity index (χ2n) is 6.76. The van der Waals surface area contributed by atoms with Crippen LogP contribution >= 0.6 is 0 Å². The third-order valence-corrected chi connectivity index (χ3v) is 4.52. The van der Waals surface area contributed by atoms with Crippen LogP contribution in [0.1, 0.15) is 84.0 Å². The molecule has 0 bridgehead atoms. The van der Waals surface area contributed by atoms with E-state index >= 15 is 0 Å². The summed E-state index contributed by atoms with van der Waals surface area (Å²) in [6, 6.07) is 0. The lowest BCUT2D eigenvalue weighted by atomic mass is 9.95. The van der Waals surface area contributed by atoms with Gasteiger partial charge >= 0.3 is 5.97 Å². The zero-order chi connectivity index (χ0) is 16.2. The molecule has 4 nitrogen and oxygen atoms in total. The Bertz CT molecular complexity index is 293. The highest BCUT2D eigenvalue weighted by atomic mass is 16.5. The van der Waals surface area contributed by atoms with E-state index < -0.39 is 0 Å². The van der Waals surface area contributed by atoms with E-state index in [9.17, 15) is 9.90 Å². The van der Waals surface area contributed by atoms with Gasteiger partial charge in [-0.1, -0.05) is 51.4 Å². The Morgan fingerprint density at radius 1 is 1.05 bits per heavy atom. The first-order valence-electron chi connectivity index (χ1n) is 9.13. The zero-order valence-corrected chi connectivity index (χ0v) is 14.1. The molecule has 1 aliphatic rings. The van der Waals surface area contributed by atoms with Gasteiger partial charge in [0.15, 0.2) is 0 Å². The van der Waals surface area contributed by atoms with Crippen molar-refractivity contribution in [2.24, 2.45) is 5.92 Å². The maximum atomic E-state index is 11.5. The van der Waals surface area contributed by atoms with Crippen LogP contribution in [0.5, 0.6) is 0 Å². The lowest BCUT2D eigenvalue weighted by Crippen LogP contribution is -2.17. The van der Waals surface area contributed by atoms with Crippen molar-refractivity contribution < 1.29 is 19.7 Å². The van der Waals surface area contributed by atoms with E-state index in [1.54, 1.807) is 0 Å². The number of hydrogen-bond donors (Lipinski definition) is 2. The molecule has 4 heteroatoms. The molecule has 22 heavy (non-hydrogen) atoms. The van der Waals surface area contributed by atoms with Crippen molar-refractivity contribution in [2.75, 3.05) is 6.61 Å². The number of carbonyl (C=O) groups is 1. The molecule has 130 valence electrons. The van der Waals surface area contributed by atoms with Crippen LogP contribution in [0.15, 0.2) is 0 Å². The minimum atomic E-state index is -0.360. The molecule has 3 atom stereocenters. The lowest BCUT2D eigenvalue weighted by Gasteiger charge is -2.12. The normalized spacial score (nSPS) is 22.8. The molecule has 1 aliphatic heterocycles. The molecule has 0 aliphatic carbocycles. The number of ether oxygens (including phenoxy) is 1. The summed E-state index contributed by atoms with van der Waals surface area (Å²) in [5.41, 5.74) is 0. The van der Waals surface area contributed by atoms with Gasteiger partial charge in [-0.25, -0.2) is 0 Å². The maximum absolute atomic E-state index is 11.5. The molecule has 0 amide bonds. The highest BCUT2D eigenvalue weighted by Gasteiger charge is 2.32. The van der Waals surface area contributed by atoms with Crippen LogP contribution in [0.4, 0.5) is 0 Å². The van der Waals surface area contributed by atoms with Gasteiger partial charge < -0.3 is 14.9 Å². The lowest BCUT2D eigenvalue weighted by molar-refractivity contribution is -0.144. The quantitative estimate of drug-likeness (QED) is 0.403.